The van der Waals surface area contributed by atoms with Crippen LogP contribution in [0, 0.1) is 0 Å². The van der Waals surface area contributed by atoms with Gasteiger partial charge in [-0.1, -0.05) is 18.2 Å². The summed E-state index contributed by atoms with van der Waals surface area (Å²) in [5, 5.41) is 10.8. The molecule has 2 aromatic rings. The first-order valence-electron chi connectivity index (χ1n) is 8.32. The zero-order valence-corrected chi connectivity index (χ0v) is 14.7. The summed E-state index contributed by atoms with van der Waals surface area (Å²) in [7, 11) is 3.20. The van der Waals surface area contributed by atoms with Gasteiger partial charge in [-0.05, 0) is 31.0 Å². The standard InChI is InChI=1S/C19H21N3O4/c1-22(12-7-8-12)19(25)15-10-11(18(20)24)9-14(21-15)17(23)13-5-3-4-6-16(13)26-2/h3-6,9-10,12,17,23H,7-8H2,1-2H3,(H2,20,24). The van der Waals surface area contributed by atoms with E-state index >= 15 is 0 Å². The molecule has 3 N–H and O–H groups in total. The van der Waals surface area contributed by atoms with Gasteiger partial charge in [0, 0.05) is 24.2 Å². The number of nitrogens with zero attached hydrogens (tertiary/aromatic N) is 2. The first-order chi connectivity index (χ1) is 12.4. The summed E-state index contributed by atoms with van der Waals surface area (Å²) >= 11 is 0. The Labute approximate surface area is 151 Å². The second-order valence-electron chi connectivity index (χ2n) is 6.32. The lowest BCUT2D eigenvalue weighted by Gasteiger charge is -2.18. The van der Waals surface area contributed by atoms with E-state index in [4.69, 9.17) is 10.5 Å². The summed E-state index contributed by atoms with van der Waals surface area (Å²) < 4.78 is 5.27. The Kier molecular flexibility index (Phi) is 4.90. The number of methoxy groups -OCH3 is 1. The van der Waals surface area contributed by atoms with Gasteiger partial charge in [0.25, 0.3) is 5.91 Å². The van der Waals surface area contributed by atoms with E-state index in [1.807, 2.05) is 0 Å². The van der Waals surface area contributed by atoms with E-state index in [2.05, 4.69) is 4.98 Å². The van der Waals surface area contributed by atoms with E-state index in [-0.39, 0.29) is 28.9 Å². The van der Waals surface area contributed by atoms with Gasteiger partial charge in [-0.25, -0.2) is 4.98 Å². The minimum atomic E-state index is -1.16. The number of nitrogens with two attached hydrogens (primary N) is 1. The topological polar surface area (TPSA) is 106 Å². The van der Waals surface area contributed by atoms with Crippen LogP contribution in [-0.4, -0.2) is 47.0 Å². The minimum Gasteiger partial charge on any atom is -0.496 e. The van der Waals surface area contributed by atoms with Crippen LogP contribution in [0.2, 0.25) is 0 Å². The first-order valence-corrected chi connectivity index (χ1v) is 8.32. The molecular formula is C19H21N3O4. The van der Waals surface area contributed by atoms with Gasteiger partial charge in [0.2, 0.25) is 5.91 Å². The van der Waals surface area contributed by atoms with Crippen molar-refractivity contribution < 1.29 is 19.4 Å². The minimum absolute atomic E-state index is 0.0830. The van der Waals surface area contributed by atoms with Gasteiger partial charge in [0.05, 0.1) is 12.8 Å². The smallest absolute Gasteiger partial charge is 0.272 e. The van der Waals surface area contributed by atoms with Crippen LogP contribution in [0.15, 0.2) is 36.4 Å². The quantitative estimate of drug-likeness (QED) is 0.817. The maximum atomic E-state index is 12.6. The molecular weight excluding hydrogens is 334 g/mol. The number of aliphatic hydroxyl groups excluding tert-OH is 1. The number of primary amides is 1. The highest BCUT2D eigenvalue weighted by atomic mass is 16.5. The van der Waals surface area contributed by atoms with Crippen molar-refractivity contribution in [2.24, 2.45) is 5.73 Å². The van der Waals surface area contributed by atoms with Crippen molar-refractivity contribution in [3.05, 3.63) is 58.9 Å². The molecule has 1 aliphatic rings. The third-order valence-corrected chi connectivity index (χ3v) is 4.48. The average molecular weight is 355 g/mol. The van der Waals surface area contributed by atoms with E-state index < -0.39 is 12.0 Å². The summed E-state index contributed by atoms with van der Waals surface area (Å²) in [4.78, 5) is 30.2. The summed E-state index contributed by atoms with van der Waals surface area (Å²) in [6, 6.07) is 9.90. The van der Waals surface area contributed by atoms with Crippen molar-refractivity contribution in [3.8, 4) is 5.75 Å². The molecule has 0 radical (unpaired) electrons. The van der Waals surface area contributed by atoms with E-state index in [1.54, 1.807) is 36.2 Å². The Morgan fingerprint density at radius 2 is 2.00 bits per heavy atom. The summed E-state index contributed by atoms with van der Waals surface area (Å²) in [5.74, 6) is -0.512. The fourth-order valence-corrected chi connectivity index (χ4v) is 2.80. The summed E-state index contributed by atoms with van der Waals surface area (Å²) in [5.41, 5.74) is 6.25. The number of benzene rings is 1. The molecule has 1 aromatic carbocycles. The van der Waals surface area contributed by atoms with Crippen molar-refractivity contribution in [1.82, 2.24) is 9.88 Å². The Bertz CT molecular complexity index is 848. The molecule has 1 heterocycles. The van der Waals surface area contributed by atoms with Crippen molar-refractivity contribution in [2.45, 2.75) is 25.0 Å². The molecule has 0 saturated heterocycles. The Balaban J connectivity index is 2.03. The number of amides is 2. The number of aliphatic hydroxyl groups is 1. The van der Waals surface area contributed by atoms with E-state index in [0.717, 1.165) is 12.8 Å². The molecule has 1 aromatic heterocycles. The first kappa shape index (κ1) is 17.9. The number of para-hydroxylation sites is 1. The predicted octanol–water partition coefficient (Wildman–Crippen LogP) is 1.51. The second-order valence-corrected chi connectivity index (χ2v) is 6.32. The Morgan fingerprint density at radius 3 is 2.62 bits per heavy atom. The lowest BCUT2D eigenvalue weighted by atomic mass is 10.0. The number of rotatable bonds is 6. The number of carbonyl (C=O) groups is 2. The molecule has 1 unspecified atom stereocenters. The van der Waals surface area contributed by atoms with Crippen LogP contribution in [0.1, 0.15) is 51.0 Å². The number of pyridine rings is 1. The number of hydrogen-bond donors (Lipinski definition) is 2. The zero-order valence-electron chi connectivity index (χ0n) is 14.7. The molecule has 26 heavy (non-hydrogen) atoms. The van der Waals surface area contributed by atoms with Crippen LogP contribution in [0.5, 0.6) is 5.75 Å². The van der Waals surface area contributed by atoms with Crippen LogP contribution < -0.4 is 10.5 Å². The maximum Gasteiger partial charge on any atom is 0.272 e. The molecule has 1 saturated carbocycles. The van der Waals surface area contributed by atoms with Gasteiger partial charge in [0.15, 0.2) is 0 Å². The van der Waals surface area contributed by atoms with Gasteiger partial charge in [-0.2, -0.15) is 0 Å². The Morgan fingerprint density at radius 1 is 1.31 bits per heavy atom. The van der Waals surface area contributed by atoms with Gasteiger partial charge < -0.3 is 20.5 Å². The van der Waals surface area contributed by atoms with Crippen LogP contribution >= 0.6 is 0 Å². The molecule has 7 heteroatoms. The average Bonchev–Trinajstić information content (AvgIpc) is 3.51. The predicted molar refractivity (Wildman–Crippen MR) is 94.9 cm³/mol. The van der Waals surface area contributed by atoms with Crippen LogP contribution in [-0.2, 0) is 0 Å². The molecule has 0 bridgehead atoms. The van der Waals surface area contributed by atoms with Gasteiger partial charge in [0.1, 0.15) is 17.5 Å². The molecule has 0 aliphatic heterocycles. The zero-order chi connectivity index (χ0) is 18.8. The molecule has 1 atom stereocenters. The van der Waals surface area contributed by atoms with Crippen molar-refractivity contribution in [1.29, 1.82) is 0 Å². The summed E-state index contributed by atoms with van der Waals surface area (Å²) in [6.07, 6.45) is 0.742. The number of aromatic nitrogens is 1. The molecule has 1 fully saturated rings. The molecule has 136 valence electrons. The molecule has 2 amide bonds. The van der Waals surface area contributed by atoms with Crippen molar-refractivity contribution in [2.75, 3.05) is 14.2 Å². The third-order valence-electron chi connectivity index (χ3n) is 4.48. The largest absolute Gasteiger partial charge is 0.496 e. The highest BCUT2D eigenvalue weighted by Gasteiger charge is 2.31. The molecule has 3 rings (SSSR count). The van der Waals surface area contributed by atoms with Gasteiger partial charge in [-0.3, -0.25) is 9.59 Å². The highest BCUT2D eigenvalue weighted by molar-refractivity contribution is 5.98. The Hall–Kier alpha value is -2.93. The number of hydrogen-bond acceptors (Lipinski definition) is 5. The molecule has 0 spiro atoms. The van der Waals surface area contributed by atoms with E-state index in [0.29, 0.717) is 11.3 Å². The normalized spacial score (nSPS) is 14.6. The lowest BCUT2D eigenvalue weighted by molar-refractivity contribution is 0.0778. The van der Waals surface area contributed by atoms with E-state index in [9.17, 15) is 14.7 Å². The maximum absolute atomic E-state index is 12.6. The monoisotopic (exact) mass is 355 g/mol. The number of carbonyl (C=O) groups excluding carboxylic acids is 2. The van der Waals surface area contributed by atoms with Crippen molar-refractivity contribution >= 4 is 11.8 Å². The fourth-order valence-electron chi connectivity index (χ4n) is 2.80. The second kappa shape index (κ2) is 7.13. The third kappa shape index (κ3) is 3.52. The highest BCUT2D eigenvalue weighted by Crippen LogP contribution is 2.30. The van der Waals surface area contributed by atoms with Gasteiger partial charge in [-0.15, -0.1) is 0 Å². The van der Waals surface area contributed by atoms with E-state index in [1.165, 1.54) is 19.2 Å². The van der Waals surface area contributed by atoms with Crippen molar-refractivity contribution in [3.63, 3.8) is 0 Å². The van der Waals surface area contributed by atoms with Crippen LogP contribution in [0.3, 0.4) is 0 Å². The van der Waals surface area contributed by atoms with Gasteiger partial charge >= 0.3 is 0 Å². The molecule has 1 aliphatic carbocycles. The molecule has 7 nitrogen and oxygen atoms in total. The van der Waals surface area contributed by atoms with Crippen LogP contribution in [0.25, 0.3) is 0 Å². The lowest BCUT2D eigenvalue weighted by Crippen LogP contribution is -2.30. The fraction of sp³-hybridized carbons (Fsp3) is 0.316. The summed E-state index contributed by atoms with van der Waals surface area (Å²) in [6.45, 7) is 0. The SMILES string of the molecule is COc1ccccc1C(O)c1cc(C(N)=O)cc(C(=O)N(C)C2CC2)n1. The number of ether oxygens (including phenoxy) is 1. The van der Waals surface area contributed by atoms with Crippen LogP contribution in [0.4, 0.5) is 0 Å².